The highest BCUT2D eigenvalue weighted by molar-refractivity contribution is 9.10. The van der Waals surface area contributed by atoms with Gasteiger partial charge in [-0.2, -0.15) is 0 Å². The number of aliphatic carboxylic acids is 1. The van der Waals surface area contributed by atoms with E-state index >= 15 is 0 Å². The maximum atomic E-state index is 11.9. The van der Waals surface area contributed by atoms with Gasteiger partial charge in [-0.25, -0.2) is 0 Å². The van der Waals surface area contributed by atoms with Crippen LogP contribution >= 0.6 is 15.9 Å². The smallest absolute Gasteiger partial charge is 0.308 e. The van der Waals surface area contributed by atoms with Crippen molar-refractivity contribution in [3.8, 4) is 0 Å². The fourth-order valence-corrected chi connectivity index (χ4v) is 2.74. The SMILES string of the molecule is O=C(Cc1ccc(Br)cc1)NC1CCCC1C(=O)O. The molecule has 2 N–H and O–H groups in total. The Bertz CT molecular complexity index is 472. The molecule has 0 radical (unpaired) electrons. The summed E-state index contributed by atoms with van der Waals surface area (Å²) < 4.78 is 0.971. The van der Waals surface area contributed by atoms with Gasteiger partial charge in [-0.1, -0.05) is 34.5 Å². The lowest BCUT2D eigenvalue weighted by Crippen LogP contribution is -2.40. The summed E-state index contributed by atoms with van der Waals surface area (Å²) in [6, 6.07) is 7.32. The monoisotopic (exact) mass is 325 g/mol. The Balaban J connectivity index is 1.90. The van der Waals surface area contributed by atoms with Gasteiger partial charge < -0.3 is 10.4 Å². The van der Waals surface area contributed by atoms with Crippen molar-refractivity contribution in [3.05, 3.63) is 34.3 Å². The van der Waals surface area contributed by atoms with Crippen LogP contribution in [0.3, 0.4) is 0 Å². The van der Waals surface area contributed by atoms with Gasteiger partial charge in [0.2, 0.25) is 5.91 Å². The molecule has 1 aromatic rings. The summed E-state index contributed by atoms with van der Waals surface area (Å²) in [4.78, 5) is 22.9. The van der Waals surface area contributed by atoms with Gasteiger partial charge in [0, 0.05) is 10.5 Å². The summed E-state index contributed by atoms with van der Waals surface area (Å²) in [6.45, 7) is 0. The third-order valence-corrected chi connectivity index (χ3v) is 3.99. The molecule has 0 bridgehead atoms. The third kappa shape index (κ3) is 3.80. The second kappa shape index (κ2) is 6.19. The molecule has 19 heavy (non-hydrogen) atoms. The molecular formula is C14H16BrNO3. The molecule has 102 valence electrons. The highest BCUT2D eigenvalue weighted by atomic mass is 79.9. The van der Waals surface area contributed by atoms with Crippen molar-refractivity contribution in [2.75, 3.05) is 0 Å². The first-order valence-electron chi connectivity index (χ1n) is 6.33. The van der Waals surface area contributed by atoms with Gasteiger partial charge in [-0.05, 0) is 30.5 Å². The van der Waals surface area contributed by atoms with E-state index in [0.29, 0.717) is 6.42 Å². The number of nitrogens with one attached hydrogen (secondary N) is 1. The number of benzene rings is 1. The van der Waals surface area contributed by atoms with Crippen molar-refractivity contribution in [2.24, 2.45) is 5.92 Å². The van der Waals surface area contributed by atoms with Crippen LogP contribution in [0.25, 0.3) is 0 Å². The van der Waals surface area contributed by atoms with E-state index < -0.39 is 11.9 Å². The average molecular weight is 326 g/mol. The first-order chi connectivity index (χ1) is 9.06. The molecule has 2 atom stereocenters. The molecule has 1 aliphatic rings. The Hall–Kier alpha value is -1.36. The van der Waals surface area contributed by atoms with Crippen LogP contribution in [0.2, 0.25) is 0 Å². The average Bonchev–Trinajstić information content (AvgIpc) is 2.80. The highest BCUT2D eigenvalue weighted by Crippen LogP contribution is 2.25. The zero-order chi connectivity index (χ0) is 13.8. The molecule has 1 aromatic carbocycles. The van der Waals surface area contributed by atoms with Crippen LogP contribution in [0.1, 0.15) is 24.8 Å². The summed E-state index contributed by atoms with van der Waals surface area (Å²) in [7, 11) is 0. The normalized spacial score (nSPS) is 22.2. The van der Waals surface area contributed by atoms with Gasteiger partial charge >= 0.3 is 5.97 Å². The van der Waals surface area contributed by atoms with Crippen LogP contribution in [-0.4, -0.2) is 23.0 Å². The van der Waals surface area contributed by atoms with Crippen LogP contribution in [0.15, 0.2) is 28.7 Å². The molecule has 1 aliphatic carbocycles. The van der Waals surface area contributed by atoms with E-state index in [4.69, 9.17) is 5.11 Å². The van der Waals surface area contributed by atoms with Gasteiger partial charge in [0.1, 0.15) is 0 Å². The number of halogens is 1. The topological polar surface area (TPSA) is 66.4 Å². The van der Waals surface area contributed by atoms with Crippen LogP contribution < -0.4 is 5.32 Å². The zero-order valence-electron chi connectivity index (χ0n) is 10.4. The van der Waals surface area contributed by atoms with Crippen molar-refractivity contribution >= 4 is 27.8 Å². The number of carbonyl (C=O) groups is 2. The Labute approximate surface area is 120 Å². The van der Waals surface area contributed by atoms with Crippen molar-refractivity contribution in [3.63, 3.8) is 0 Å². The summed E-state index contributed by atoms with van der Waals surface area (Å²) in [6.07, 6.45) is 2.55. The van der Waals surface area contributed by atoms with Gasteiger partial charge in [-0.15, -0.1) is 0 Å². The number of amides is 1. The van der Waals surface area contributed by atoms with Gasteiger partial charge in [0.15, 0.2) is 0 Å². The molecule has 2 unspecified atom stereocenters. The predicted molar refractivity (Wildman–Crippen MR) is 74.8 cm³/mol. The molecule has 1 fully saturated rings. The van der Waals surface area contributed by atoms with Crippen LogP contribution in [0, 0.1) is 5.92 Å². The van der Waals surface area contributed by atoms with E-state index in [0.717, 1.165) is 22.9 Å². The van der Waals surface area contributed by atoms with E-state index in [2.05, 4.69) is 21.2 Å². The van der Waals surface area contributed by atoms with Gasteiger partial charge in [0.25, 0.3) is 0 Å². The Kier molecular flexibility index (Phi) is 4.58. The molecule has 0 aliphatic heterocycles. The zero-order valence-corrected chi connectivity index (χ0v) is 12.0. The maximum Gasteiger partial charge on any atom is 0.308 e. The van der Waals surface area contributed by atoms with E-state index in [9.17, 15) is 9.59 Å². The Morgan fingerprint density at radius 2 is 1.95 bits per heavy atom. The van der Waals surface area contributed by atoms with Crippen LogP contribution in [0.4, 0.5) is 0 Å². The number of carbonyl (C=O) groups excluding carboxylic acids is 1. The summed E-state index contributed by atoms with van der Waals surface area (Å²) in [5.41, 5.74) is 0.922. The number of hydrogen-bond acceptors (Lipinski definition) is 2. The molecule has 0 aromatic heterocycles. The van der Waals surface area contributed by atoms with Gasteiger partial charge in [0.05, 0.1) is 12.3 Å². The van der Waals surface area contributed by atoms with Gasteiger partial charge in [-0.3, -0.25) is 9.59 Å². The van der Waals surface area contributed by atoms with E-state index in [1.54, 1.807) is 0 Å². The van der Waals surface area contributed by atoms with E-state index in [-0.39, 0.29) is 18.4 Å². The second-order valence-corrected chi connectivity index (χ2v) is 5.77. The first-order valence-corrected chi connectivity index (χ1v) is 7.12. The molecule has 1 saturated carbocycles. The molecule has 2 rings (SSSR count). The first kappa shape index (κ1) is 14.1. The Morgan fingerprint density at radius 1 is 1.26 bits per heavy atom. The number of carboxylic acids is 1. The molecule has 0 saturated heterocycles. The largest absolute Gasteiger partial charge is 0.481 e. The second-order valence-electron chi connectivity index (χ2n) is 4.85. The van der Waals surface area contributed by atoms with Crippen LogP contribution in [-0.2, 0) is 16.0 Å². The summed E-state index contributed by atoms with van der Waals surface area (Å²) in [5.74, 6) is -1.36. The lowest BCUT2D eigenvalue weighted by Gasteiger charge is -2.17. The molecular weight excluding hydrogens is 310 g/mol. The summed E-state index contributed by atoms with van der Waals surface area (Å²) >= 11 is 3.34. The van der Waals surface area contributed by atoms with Crippen molar-refractivity contribution in [1.82, 2.24) is 5.32 Å². The lowest BCUT2D eigenvalue weighted by molar-refractivity contribution is -0.142. The lowest BCUT2D eigenvalue weighted by atomic mass is 10.0. The fourth-order valence-electron chi connectivity index (χ4n) is 2.47. The minimum Gasteiger partial charge on any atom is -0.481 e. The molecule has 5 heteroatoms. The minimum atomic E-state index is -0.813. The molecule has 0 spiro atoms. The minimum absolute atomic E-state index is 0.111. The number of hydrogen-bond donors (Lipinski definition) is 2. The van der Waals surface area contributed by atoms with Crippen molar-refractivity contribution in [2.45, 2.75) is 31.7 Å². The van der Waals surface area contributed by atoms with Crippen molar-refractivity contribution in [1.29, 1.82) is 0 Å². The van der Waals surface area contributed by atoms with E-state index in [1.165, 1.54) is 0 Å². The number of carboxylic acid groups (broad SMARTS) is 1. The fraction of sp³-hybridized carbons (Fsp3) is 0.429. The predicted octanol–water partition coefficient (Wildman–Crippen LogP) is 2.36. The highest BCUT2D eigenvalue weighted by Gasteiger charge is 2.33. The quantitative estimate of drug-likeness (QED) is 0.893. The standard InChI is InChI=1S/C14H16BrNO3/c15-10-6-4-9(5-7-10)8-13(17)16-12-3-1-2-11(12)14(18)19/h4-7,11-12H,1-3,8H2,(H,16,17)(H,18,19). The van der Waals surface area contributed by atoms with Crippen molar-refractivity contribution < 1.29 is 14.7 Å². The summed E-state index contributed by atoms with van der Waals surface area (Å²) in [5, 5.41) is 11.9. The van der Waals surface area contributed by atoms with Crippen LogP contribution in [0.5, 0.6) is 0 Å². The molecule has 0 heterocycles. The Morgan fingerprint density at radius 3 is 2.58 bits per heavy atom. The molecule has 1 amide bonds. The molecule has 4 nitrogen and oxygen atoms in total. The van der Waals surface area contributed by atoms with E-state index in [1.807, 2.05) is 24.3 Å². The number of rotatable bonds is 4. The third-order valence-electron chi connectivity index (χ3n) is 3.46. The maximum absolute atomic E-state index is 11.9.